The number of hydrogen-bond acceptors (Lipinski definition) is 7. The molecule has 1 aliphatic heterocycles. The van der Waals surface area contributed by atoms with Crippen molar-refractivity contribution in [1.29, 1.82) is 0 Å². The number of fused-ring (bicyclic) bond motifs is 1. The first-order valence-electron chi connectivity index (χ1n) is 10.6. The molecule has 0 atom stereocenters. The van der Waals surface area contributed by atoms with Gasteiger partial charge in [0.1, 0.15) is 17.4 Å². The minimum Gasteiger partial charge on any atom is -0.490 e. The Balaban J connectivity index is 1.80. The summed E-state index contributed by atoms with van der Waals surface area (Å²) in [6, 6.07) is 12.1. The van der Waals surface area contributed by atoms with E-state index in [4.69, 9.17) is 9.47 Å². The van der Waals surface area contributed by atoms with Crippen molar-refractivity contribution in [2.24, 2.45) is 0 Å². The summed E-state index contributed by atoms with van der Waals surface area (Å²) in [6.07, 6.45) is 3.38. The maximum absolute atomic E-state index is 12.7. The van der Waals surface area contributed by atoms with Gasteiger partial charge in [-0.2, -0.15) is 0 Å². The predicted octanol–water partition coefficient (Wildman–Crippen LogP) is 3.98. The zero-order chi connectivity index (χ0) is 22.5. The topological polar surface area (TPSA) is 110 Å². The number of carboxylic acid groups (broad SMARTS) is 1. The minimum atomic E-state index is -1.07. The summed E-state index contributed by atoms with van der Waals surface area (Å²) in [4.78, 5) is 28.8. The van der Waals surface area contributed by atoms with E-state index in [1.54, 1.807) is 25.1 Å². The number of carbonyl (C=O) groups excluding carboxylic acids is 1. The molecule has 3 N–H and O–H groups in total. The van der Waals surface area contributed by atoms with Gasteiger partial charge in [-0.25, -0.2) is 9.59 Å². The third-order valence-corrected chi connectivity index (χ3v) is 5.34. The molecule has 0 aliphatic carbocycles. The monoisotopic (exact) mass is 435 g/mol. The lowest BCUT2D eigenvalue weighted by molar-refractivity contribution is 0.0526. The highest BCUT2D eigenvalue weighted by Gasteiger charge is 2.20. The Morgan fingerprint density at radius 1 is 1.16 bits per heavy atom. The normalized spacial score (nSPS) is 14.2. The van der Waals surface area contributed by atoms with E-state index < -0.39 is 11.9 Å². The second kappa shape index (κ2) is 9.65. The van der Waals surface area contributed by atoms with E-state index in [0.29, 0.717) is 28.0 Å². The van der Waals surface area contributed by atoms with E-state index in [-0.39, 0.29) is 23.8 Å². The van der Waals surface area contributed by atoms with Gasteiger partial charge in [-0.05, 0) is 63.2 Å². The van der Waals surface area contributed by atoms with E-state index in [1.165, 1.54) is 12.3 Å². The van der Waals surface area contributed by atoms with Crippen LogP contribution in [-0.2, 0) is 4.74 Å². The van der Waals surface area contributed by atoms with Crippen molar-refractivity contribution in [3.8, 4) is 5.75 Å². The molecule has 8 nitrogen and oxygen atoms in total. The summed E-state index contributed by atoms with van der Waals surface area (Å²) < 4.78 is 11.4. The van der Waals surface area contributed by atoms with Crippen LogP contribution in [0, 0.1) is 0 Å². The first-order chi connectivity index (χ1) is 15.6. The van der Waals surface area contributed by atoms with Gasteiger partial charge in [0, 0.05) is 11.6 Å². The van der Waals surface area contributed by atoms with Crippen LogP contribution in [0.3, 0.4) is 0 Å². The molecule has 0 amide bonds. The number of hydrogen-bond donors (Lipinski definition) is 3. The number of anilines is 2. The summed E-state index contributed by atoms with van der Waals surface area (Å²) in [5.74, 6) is -0.942. The number of piperidine rings is 1. The Morgan fingerprint density at radius 3 is 2.69 bits per heavy atom. The fourth-order valence-electron chi connectivity index (χ4n) is 3.76. The third-order valence-electron chi connectivity index (χ3n) is 5.34. The zero-order valence-corrected chi connectivity index (χ0v) is 17.8. The number of aromatic nitrogens is 1. The number of aromatic carboxylic acids is 1. The van der Waals surface area contributed by atoms with Crippen LogP contribution in [0.5, 0.6) is 5.75 Å². The number of rotatable bonds is 7. The standard InChI is InChI=1S/C24H25N3O5/c1-2-31-24(30)19-14-26-20-8-7-16(32-15-9-11-25-12-10-15)13-18(20)22(19)27-21-6-4-3-5-17(21)23(28)29/h3-8,13-15,25H,2,9-12H2,1H3,(H,26,27)(H,28,29). The summed E-state index contributed by atoms with van der Waals surface area (Å²) in [5.41, 5.74) is 1.75. The lowest BCUT2D eigenvalue weighted by Crippen LogP contribution is -2.34. The molecule has 1 aromatic heterocycles. The van der Waals surface area contributed by atoms with Crippen molar-refractivity contribution in [2.45, 2.75) is 25.9 Å². The molecule has 8 heteroatoms. The van der Waals surface area contributed by atoms with E-state index >= 15 is 0 Å². The number of benzene rings is 2. The number of pyridine rings is 1. The van der Waals surface area contributed by atoms with Gasteiger partial charge in [-0.1, -0.05) is 12.1 Å². The van der Waals surface area contributed by atoms with Crippen molar-refractivity contribution in [3.63, 3.8) is 0 Å². The van der Waals surface area contributed by atoms with Gasteiger partial charge in [0.25, 0.3) is 0 Å². The van der Waals surface area contributed by atoms with Crippen LogP contribution in [0.4, 0.5) is 11.4 Å². The molecule has 1 aliphatic rings. The number of carbonyl (C=O) groups is 2. The molecule has 1 fully saturated rings. The quantitative estimate of drug-likeness (QED) is 0.478. The Morgan fingerprint density at radius 2 is 1.94 bits per heavy atom. The fourth-order valence-corrected chi connectivity index (χ4v) is 3.76. The van der Waals surface area contributed by atoms with Gasteiger partial charge in [-0.3, -0.25) is 4.98 Å². The van der Waals surface area contributed by atoms with Gasteiger partial charge in [0.05, 0.1) is 29.1 Å². The van der Waals surface area contributed by atoms with Crippen LogP contribution in [0.15, 0.2) is 48.7 Å². The van der Waals surface area contributed by atoms with E-state index in [0.717, 1.165) is 25.9 Å². The molecule has 3 aromatic rings. The second-order valence-electron chi connectivity index (χ2n) is 7.49. The molecular weight excluding hydrogens is 410 g/mol. The van der Waals surface area contributed by atoms with Gasteiger partial charge >= 0.3 is 11.9 Å². The van der Waals surface area contributed by atoms with E-state index in [1.807, 2.05) is 18.2 Å². The Bertz CT molecular complexity index is 1140. The molecule has 0 unspecified atom stereocenters. The molecule has 0 bridgehead atoms. The summed E-state index contributed by atoms with van der Waals surface area (Å²) in [5, 5.41) is 16.7. The van der Waals surface area contributed by atoms with E-state index in [2.05, 4.69) is 15.6 Å². The number of esters is 1. The van der Waals surface area contributed by atoms with Gasteiger partial charge in [-0.15, -0.1) is 0 Å². The highest BCUT2D eigenvalue weighted by molar-refractivity contribution is 6.07. The van der Waals surface area contributed by atoms with Crippen LogP contribution >= 0.6 is 0 Å². The van der Waals surface area contributed by atoms with Gasteiger partial charge < -0.3 is 25.2 Å². The first-order valence-corrected chi connectivity index (χ1v) is 10.6. The zero-order valence-electron chi connectivity index (χ0n) is 17.8. The van der Waals surface area contributed by atoms with Crippen molar-refractivity contribution in [1.82, 2.24) is 10.3 Å². The summed E-state index contributed by atoms with van der Waals surface area (Å²) in [6.45, 7) is 3.75. The van der Waals surface area contributed by atoms with E-state index in [9.17, 15) is 14.7 Å². The van der Waals surface area contributed by atoms with Crippen molar-refractivity contribution >= 4 is 34.2 Å². The molecule has 32 heavy (non-hydrogen) atoms. The highest BCUT2D eigenvalue weighted by Crippen LogP contribution is 2.33. The largest absolute Gasteiger partial charge is 0.490 e. The number of para-hydroxylation sites is 1. The van der Waals surface area contributed by atoms with Gasteiger partial charge in [0.15, 0.2) is 0 Å². The maximum atomic E-state index is 12.7. The minimum absolute atomic E-state index is 0.0920. The smallest absolute Gasteiger partial charge is 0.341 e. The Kier molecular flexibility index (Phi) is 6.51. The predicted molar refractivity (Wildman–Crippen MR) is 121 cm³/mol. The van der Waals surface area contributed by atoms with Crippen molar-refractivity contribution in [3.05, 3.63) is 59.8 Å². The molecule has 2 heterocycles. The molecule has 166 valence electrons. The van der Waals surface area contributed by atoms with Crippen molar-refractivity contribution in [2.75, 3.05) is 25.0 Å². The molecule has 0 radical (unpaired) electrons. The third kappa shape index (κ3) is 4.65. The maximum Gasteiger partial charge on any atom is 0.341 e. The van der Waals surface area contributed by atoms with Crippen LogP contribution in [0.2, 0.25) is 0 Å². The van der Waals surface area contributed by atoms with Crippen LogP contribution in [-0.4, -0.2) is 47.8 Å². The lowest BCUT2D eigenvalue weighted by Gasteiger charge is -2.24. The first kappa shape index (κ1) is 21.6. The summed E-state index contributed by atoms with van der Waals surface area (Å²) >= 11 is 0. The SMILES string of the molecule is CCOC(=O)c1cnc2ccc(OC3CCNCC3)cc2c1Nc1ccccc1C(=O)O. The Hall–Kier alpha value is -3.65. The molecule has 4 rings (SSSR count). The fraction of sp³-hybridized carbons (Fsp3) is 0.292. The number of nitrogens with one attached hydrogen (secondary N) is 2. The van der Waals surface area contributed by atoms with Crippen LogP contribution < -0.4 is 15.4 Å². The average Bonchev–Trinajstić information content (AvgIpc) is 2.80. The molecule has 0 saturated carbocycles. The lowest BCUT2D eigenvalue weighted by atomic mass is 10.1. The summed E-state index contributed by atoms with van der Waals surface area (Å²) in [7, 11) is 0. The molecule has 2 aromatic carbocycles. The number of ether oxygens (including phenoxy) is 2. The van der Waals surface area contributed by atoms with Crippen molar-refractivity contribution < 1.29 is 24.2 Å². The number of nitrogens with zero attached hydrogens (tertiary/aromatic N) is 1. The second-order valence-corrected chi connectivity index (χ2v) is 7.49. The average molecular weight is 435 g/mol. The highest BCUT2D eigenvalue weighted by atomic mass is 16.5. The van der Waals surface area contributed by atoms with Crippen LogP contribution in [0.1, 0.15) is 40.5 Å². The molecular formula is C24H25N3O5. The van der Waals surface area contributed by atoms with Gasteiger partial charge in [0.2, 0.25) is 0 Å². The number of carboxylic acids is 1. The van der Waals surface area contributed by atoms with Crippen LogP contribution in [0.25, 0.3) is 10.9 Å². The molecule has 0 spiro atoms. The molecule has 1 saturated heterocycles. The Labute approximate surface area is 185 Å².